The maximum absolute atomic E-state index is 5.71. The number of nitrogens with one attached hydrogen (secondary N) is 1. The van der Waals surface area contributed by atoms with Gasteiger partial charge in [0.2, 0.25) is 5.75 Å². The van der Waals surface area contributed by atoms with Crippen LogP contribution in [0, 0.1) is 0 Å². The summed E-state index contributed by atoms with van der Waals surface area (Å²) < 4.78 is 16.2. The minimum atomic E-state index is -0.111. The second-order valence-electron chi connectivity index (χ2n) is 4.31. The molecule has 21 heavy (non-hydrogen) atoms. The van der Waals surface area contributed by atoms with Crippen molar-refractivity contribution >= 4 is 11.3 Å². The van der Waals surface area contributed by atoms with Crippen LogP contribution in [0.3, 0.4) is 0 Å². The van der Waals surface area contributed by atoms with Gasteiger partial charge in [0, 0.05) is 23.1 Å². The van der Waals surface area contributed by atoms with Crippen molar-refractivity contribution in [2.75, 3.05) is 21.3 Å². The summed E-state index contributed by atoms with van der Waals surface area (Å²) in [6.07, 6.45) is 2.55. The third kappa shape index (κ3) is 3.26. The van der Waals surface area contributed by atoms with Gasteiger partial charge in [0.05, 0.1) is 32.9 Å². The summed E-state index contributed by atoms with van der Waals surface area (Å²) in [7, 11) is 4.77. The number of hydrogen-bond acceptors (Lipinski definition) is 7. The summed E-state index contributed by atoms with van der Waals surface area (Å²) in [5.74, 6) is 7.50. The molecule has 1 heterocycles. The largest absolute Gasteiger partial charge is 0.493 e. The van der Waals surface area contributed by atoms with E-state index in [4.69, 9.17) is 20.1 Å². The highest BCUT2D eigenvalue weighted by Crippen LogP contribution is 2.42. The Morgan fingerprint density at radius 1 is 1.19 bits per heavy atom. The van der Waals surface area contributed by atoms with Crippen LogP contribution in [0.2, 0.25) is 0 Å². The molecule has 0 aliphatic carbocycles. The first-order valence-corrected chi connectivity index (χ1v) is 7.25. The van der Waals surface area contributed by atoms with E-state index in [1.54, 1.807) is 38.2 Å². The second kappa shape index (κ2) is 7.26. The van der Waals surface area contributed by atoms with Crippen LogP contribution < -0.4 is 25.5 Å². The normalized spacial score (nSPS) is 12.0. The minimum Gasteiger partial charge on any atom is -0.493 e. The number of nitrogens with two attached hydrogens (primary N) is 1. The van der Waals surface area contributed by atoms with E-state index in [-0.39, 0.29) is 6.04 Å². The Balaban J connectivity index is 2.40. The van der Waals surface area contributed by atoms with Crippen LogP contribution >= 0.6 is 11.3 Å². The zero-order valence-corrected chi connectivity index (χ0v) is 13.1. The molecule has 2 aromatic rings. The Morgan fingerprint density at radius 3 is 2.48 bits per heavy atom. The van der Waals surface area contributed by atoms with Crippen LogP contribution in [0.4, 0.5) is 0 Å². The van der Waals surface area contributed by atoms with Crippen molar-refractivity contribution in [3.8, 4) is 17.2 Å². The molecular formula is C14H19N3O3S. The summed E-state index contributed by atoms with van der Waals surface area (Å²) in [4.78, 5) is 5.21. The predicted molar refractivity (Wildman–Crippen MR) is 82.0 cm³/mol. The lowest BCUT2D eigenvalue weighted by molar-refractivity contribution is 0.319. The lowest BCUT2D eigenvalue weighted by atomic mass is 10.0. The Bertz CT molecular complexity index is 575. The lowest BCUT2D eigenvalue weighted by Crippen LogP contribution is -2.29. The number of aromatic nitrogens is 1. The molecule has 0 bridgehead atoms. The molecule has 0 amide bonds. The van der Waals surface area contributed by atoms with Crippen LogP contribution in [-0.2, 0) is 6.42 Å². The predicted octanol–water partition coefficient (Wildman–Crippen LogP) is 1.92. The van der Waals surface area contributed by atoms with Gasteiger partial charge in [0.25, 0.3) is 0 Å². The fourth-order valence-electron chi connectivity index (χ4n) is 2.20. The second-order valence-corrected chi connectivity index (χ2v) is 5.29. The first kappa shape index (κ1) is 15.6. The molecule has 0 spiro atoms. The number of methoxy groups -OCH3 is 3. The smallest absolute Gasteiger partial charge is 0.203 e. The first-order valence-electron chi connectivity index (χ1n) is 6.37. The third-order valence-electron chi connectivity index (χ3n) is 3.20. The Morgan fingerprint density at radius 2 is 1.95 bits per heavy atom. The Hall–Kier alpha value is -1.83. The number of hydrazine groups is 1. The minimum absolute atomic E-state index is 0.111. The van der Waals surface area contributed by atoms with Crippen LogP contribution in [-0.4, -0.2) is 26.3 Å². The van der Waals surface area contributed by atoms with Crippen molar-refractivity contribution in [3.05, 3.63) is 34.3 Å². The molecule has 0 saturated heterocycles. The van der Waals surface area contributed by atoms with Gasteiger partial charge in [-0.15, -0.1) is 11.3 Å². The monoisotopic (exact) mass is 309 g/mol. The summed E-state index contributed by atoms with van der Waals surface area (Å²) in [6, 6.07) is 3.65. The maximum atomic E-state index is 5.71. The van der Waals surface area contributed by atoms with Crippen molar-refractivity contribution in [2.24, 2.45) is 5.84 Å². The quantitative estimate of drug-likeness (QED) is 0.601. The van der Waals surface area contributed by atoms with Gasteiger partial charge in [-0.2, -0.15) is 0 Å². The van der Waals surface area contributed by atoms with Gasteiger partial charge in [0.1, 0.15) is 0 Å². The van der Waals surface area contributed by atoms with Crippen molar-refractivity contribution in [1.82, 2.24) is 10.4 Å². The fourth-order valence-corrected chi connectivity index (χ4v) is 2.84. The van der Waals surface area contributed by atoms with Crippen molar-refractivity contribution in [1.29, 1.82) is 0 Å². The van der Waals surface area contributed by atoms with Gasteiger partial charge >= 0.3 is 0 Å². The number of nitrogens with zero attached hydrogens (tertiary/aromatic N) is 1. The van der Waals surface area contributed by atoms with E-state index >= 15 is 0 Å². The maximum Gasteiger partial charge on any atom is 0.203 e. The zero-order chi connectivity index (χ0) is 15.2. The van der Waals surface area contributed by atoms with Gasteiger partial charge in [-0.3, -0.25) is 16.3 Å². The summed E-state index contributed by atoms with van der Waals surface area (Å²) >= 11 is 1.59. The average Bonchev–Trinajstić information content (AvgIpc) is 3.04. The molecular weight excluding hydrogens is 290 g/mol. The summed E-state index contributed by atoms with van der Waals surface area (Å²) in [6.45, 7) is 0. The van der Waals surface area contributed by atoms with Crippen LogP contribution in [0.25, 0.3) is 0 Å². The molecule has 1 aromatic heterocycles. The fraction of sp³-hybridized carbons (Fsp3) is 0.357. The Labute approximate surface area is 127 Å². The van der Waals surface area contributed by atoms with E-state index in [0.717, 1.165) is 10.4 Å². The van der Waals surface area contributed by atoms with Gasteiger partial charge in [-0.25, -0.2) is 0 Å². The molecule has 1 aromatic carbocycles. The van der Waals surface area contributed by atoms with E-state index < -0.39 is 0 Å². The van der Waals surface area contributed by atoms with Crippen LogP contribution in [0.15, 0.2) is 23.8 Å². The van der Waals surface area contributed by atoms with Gasteiger partial charge in [0.15, 0.2) is 11.5 Å². The van der Waals surface area contributed by atoms with Gasteiger partial charge in [-0.05, 0) is 12.1 Å². The summed E-state index contributed by atoms with van der Waals surface area (Å²) in [5.41, 5.74) is 5.53. The van der Waals surface area contributed by atoms with Crippen LogP contribution in [0.1, 0.15) is 16.5 Å². The van der Waals surface area contributed by atoms with E-state index in [1.165, 1.54) is 0 Å². The number of benzene rings is 1. The molecule has 114 valence electrons. The lowest BCUT2D eigenvalue weighted by Gasteiger charge is -2.21. The average molecular weight is 309 g/mol. The van der Waals surface area contributed by atoms with Crippen molar-refractivity contribution < 1.29 is 14.2 Å². The van der Waals surface area contributed by atoms with Crippen LogP contribution in [0.5, 0.6) is 17.2 Å². The standard InChI is InChI=1S/C14H19N3O3S/c1-18-12-5-4-10(13(19-2)14(12)20-3)11(17-15)6-9-7-16-8-21-9/h4-5,7-8,11,17H,6,15H2,1-3H3. The van der Waals surface area contributed by atoms with Crippen molar-refractivity contribution in [3.63, 3.8) is 0 Å². The SMILES string of the molecule is COc1ccc(C(Cc2cncs2)NN)c(OC)c1OC. The molecule has 0 aliphatic rings. The molecule has 0 aliphatic heterocycles. The molecule has 2 rings (SSSR count). The third-order valence-corrected chi connectivity index (χ3v) is 4.00. The highest BCUT2D eigenvalue weighted by molar-refractivity contribution is 7.09. The molecule has 6 nitrogen and oxygen atoms in total. The van der Waals surface area contributed by atoms with Gasteiger partial charge in [-0.1, -0.05) is 0 Å². The Kier molecular flexibility index (Phi) is 5.38. The molecule has 3 N–H and O–H groups in total. The molecule has 0 radical (unpaired) electrons. The number of ether oxygens (including phenoxy) is 3. The molecule has 1 atom stereocenters. The first-order chi connectivity index (χ1) is 10.2. The molecule has 0 saturated carbocycles. The van der Waals surface area contributed by atoms with E-state index in [0.29, 0.717) is 23.7 Å². The number of thiazole rings is 1. The van der Waals surface area contributed by atoms with Gasteiger partial charge < -0.3 is 14.2 Å². The topological polar surface area (TPSA) is 78.6 Å². The van der Waals surface area contributed by atoms with E-state index in [9.17, 15) is 0 Å². The molecule has 1 unspecified atom stereocenters. The van der Waals surface area contributed by atoms with E-state index in [1.807, 2.05) is 18.3 Å². The highest BCUT2D eigenvalue weighted by atomic mass is 32.1. The van der Waals surface area contributed by atoms with E-state index in [2.05, 4.69) is 10.4 Å². The number of hydrogen-bond donors (Lipinski definition) is 2. The zero-order valence-electron chi connectivity index (χ0n) is 12.3. The summed E-state index contributed by atoms with van der Waals surface area (Å²) in [5, 5.41) is 0. The molecule has 7 heteroatoms. The highest BCUT2D eigenvalue weighted by Gasteiger charge is 2.22. The number of rotatable bonds is 7. The molecule has 0 fully saturated rings. The van der Waals surface area contributed by atoms with Crippen molar-refractivity contribution in [2.45, 2.75) is 12.5 Å².